The zero-order chi connectivity index (χ0) is 19.7. The van der Waals surface area contributed by atoms with E-state index in [1.807, 2.05) is 42.2 Å². The summed E-state index contributed by atoms with van der Waals surface area (Å²) in [6.07, 6.45) is 0. The van der Waals surface area contributed by atoms with Crippen LogP contribution < -0.4 is 0 Å². The highest BCUT2D eigenvalue weighted by Gasteiger charge is 2.33. The molecule has 1 amide bonds. The van der Waals surface area contributed by atoms with E-state index in [4.69, 9.17) is 0 Å². The van der Waals surface area contributed by atoms with Crippen LogP contribution in [-0.4, -0.2) is 33.0 Å². The van der Waals surface area contributed by atoms with Gasteiger partial charge in [0, 0.05) is 30.0 Å². The van der Waals surface area contributed by atoms with E-state index in [9.17, 15) is 14.9 Å². The molecule has 142 valence electrons. The summed E-state index contributed by atoms with van der Waals surface area (Å²) in [7, 11) is 0. The predicted molar refractivity (Wildman–Crippen MR) is 112 cm³/mol. The van der Waals surface area contributed by atoms with Crippen LogP contribution >= 0.6 is 23.1 Å². The van der Waals surface area contributed by atoms with Gasteiger partial charge in [0.25, 0.3) is 11.6 Å². The van der Waals surface area contributed by atoms with E-state index >= 15 is 0 Å². The standard InChI is InChI=1S/C20H17N3O3S2/c1-13-17(28-18(21-13)14-5-3-2-4-6-14)19(24)22-11-12-27-20(22)15-7-9-16(10-8-15)23(25)26/h2-10,20H,11-12H2,1H3. The number of aromatic nitrogens is 1. The molecule has 1 fully saturated rings. The highest BCUT2D eigenvalue weighted by Crippen LogP contribution is 2.40. The Morgan fingerprint density at radius 1 is 1.18 bits per heavy atom. The number of amides is 1. The van der Waals surface area contributed by atoms with Gasteiger partial charge in [-0.1, -0.05) is 30.3 Å². The van der Waals surface area contributed by atoms with Crippen molar-refractivity contribution in [2.24, 2.45) is 0 Å². The summed E-state index contributed by atoms with van der Waals surface area (Å²) in [5.41, 5.74) is 2.67. The van der Waals surface area contributed by atoms with Crippen molar-refractivity contribution < 1.29 is 9.72 Å². The number of rotatable bonds is 4. The average molecular weight is 412 g/mol. The molecule has 0 N–H and O–H groups in total. The minimum absolute atomic E-state index is 0.0365. The highest BCUT2D eigenvalue weighted by molar-refractivity contribution is 7.99. The fourth-order valence-corrected chi connectivity index (χ4v) is 5.43. The normalized spacial score (nSPS) is 16.3. The van der Waals surface area contributed by atoms with Crippen LogP contribution in [0.4, 0.5) is 5.69 Å². The number of thiazole rings is 1. The number of hydrogen-bond acceptors (Lipinski definition) is 6. The van der Waals surface area contributed by atoms with Crippen molar-refractivity contribution in [2.75, 3.05) is 12.3 Å². The maximum Gasteiger partial charge on any atom is 0.269 e. The van der Waals surface area contributed by atoms with E-state index in [1.54, 1.807) is 23.9 Å². The first-order chi connectivity index (χ1) is 13.5. The molecule has 1 aromatic heterocycles. The summed E-state index contributed by atoms with van der Waals surface area (Å²) in [5.74, 6) is 0.794. The minimum atomic E-state index is -0.416. The van der Waals surface area contributed by atoms with Crippen molar-refractivity contribution in [3.05, 3.63) is 80.8 Å². The Labute approximate surface area is 170 Å². The third kappa shape index (κ3) is 3.53. The van der Waals surface area contributed by atoms with Gasteiger partial charge in [0.15, 0.2) is 0 Å². The molecule has 28 heavy (non-hydrogen) atoms. The van der Waals surface area contributed by atoms with Crippen LogP contribution in [0.25, 0.3) is 10.6 Å². The first-order valence-electron chi connectivity index (χ1n) is 8.74. The lowest BCUT2D eigenvalue weighted by atomic mass is 10.2. The monoisotopic (exact) mass is 411 g/mol. The van der Waals surface area contributed by atoms with Gasteiger partial charge in [0.2, 0.25) is 0 Å². The average Bonchev–Trinajstić information content (AvgIpc) is 3.35. The van der Waals surface area contributed by atoms with Crippen LogP contribution in [0.1, 0.15) is 26.3 Å². The third-order valence-corrected chi connectivity index (χ3v) is 7.01. The van der Waals surface area contributed by atoms with E-state index < -0.39 is 4.92 Å². The molecule has 2 aromatic carbocycles. The zero-order valence-electron chi connectivity index (χ0n) is 15.1. The molecular weight excluding hydrogens is 394 g/mol. The number of benzene rings is 2. The summed E-state index contributed by atoms with van der Waals surface area (Å²) in [5, 5.41) is 11.6. The lowest BCUT2D eigenvalue weighted by Gasteiger charge is -2.23. The molecule has 0 aliphatic carbocycles. The predicted octanol–water partition coefficient (Wildman–Crippen LogP) is 4.91. The summed E-state index contributed by atoms with van der Waals surface area (Å²) >= 11 is 3.08. The molecule has 1 aliphatic rings. The Bertz CT molecular complexity index is 1020. The number of aryl methyl sites for hydroxylation is 1. The summed E-state index contributed by atoms with van der Waals surface area (Å²) < 4.78 is 0. The smallest absolute Gasteiger partial charge is 0.269 e. The molecule has 0 saturated carbocycles. The Hall–Kier alpha value is -2.71. The lowest BCUT2D eigenvalue weighted by molar-refractivity contribution is -0.384. The number of hydrogen-bond donors (Lipinski definition) is 0. The number of carbonyl (C=O) groups is 1. The van der Waals surface area contributed by atoms with Crippen LogP contribution in [0.5, 0.6) is 0 Å². The van der Waals surface area contributed by atoms with Crippen molar-refractivity contribution in [2.45, 2.75) is 12.3 Å². The molecule has 2 heterocycles. The third-order valence-electron chi connectivity index (χ3n) is 4.55. The van der Waals surface area contributed by atoms with E-state index in [0.29, 0.717) is 11.4 Å². The number of nitro benzene ring substituents is 1. The van der Waals surface area contributed by atoms with Gasteiger partial charge in [0.1, 0.15) is 15.3 Å². The van der Waals surface area contributed by atoms with E-state index in [1.165, 1.54) is 23.5 Å². The Morgan fingerprint density at radius 3 is 2.57 bits per heavy atom. The van der Waals surface area contributed by atoms with Crippen LogP contribution in [-0.2, 0) is 0 Å². The topological polar surface area (TPSA) is 76.3 Å². The van der Waals surface area contributed by atoms with Gasteiger partial charge >= 0.3 is 0 Å². The van der Waals surface area contributed by atoms with Gasteiger partial charge in [-0.05, 0) is 24.6 Å². The second-order valence-electron chi connectivity index (χ2n) is 6.37. The Kier molecular flexibility index (Phi) is 5.15. The molecule has 3 aromatic rings. The fraction of sp³-hybridized carbons (Fsp3) is 0.200. The van der Waals surface area contributed by atoms with Crippen molar-refractivity contribution in [1.29, 1.82) is 0 Å². The van der Waals surface area contributed by atoms with Gasteiger partial charge in [0.05, 0.1) is 10.6 Å². The maximum absolute atomic E-state index is 13.2. The molecule has 1 atom stereocenters. The van der Waals surface area contributed by atoms with E-state index in [-0.39, 0.29) is 17.0 Å². The molecule has 8 heteroatoms. The fourth-order valence-electron chi connectivity index (χ4n) is 3.14. The van der Waals surface area contributed by atoms with Gasteiger partial charge in [-0.2, -0.15) is 0 Å². The first-order valence-corrected chi connectivity index (χ1v) is 10.6. The van der Waals surface area contributed by atoms with Crippen LogP contribution in [0, 0.1) is 17.0 Å². The number of nitrogens with zero attached hydrogens (tertiary/aromatic N) is 3. The zero-order valence-corrected chi connectivity index (χ0v) is 16.7. The summed E-state index contributed by atoms with van der Waals surface area (Å²) in [4.78, 5) is 30.8. The van der Waals surface area contributed by atoms with Crippen LogP contribution in [0.2, 0.25) is 0 Å². The van der Waals surface area contributed by atoms with E-state index in [2.05, 4.69) is 4.98 Å². The van der Waals surface area contributed by atoms with E-state index in [0.717, 1.165) is 27.6 Å². The van der Waals surface area contributed by atoms with Crippen LogP contribution in [0.3, 0.4) is 0 Å². The molecule has 1 unspecified atom stereocenters. The molecule has 1 saturated heterocycles. The number of non-ortho nitro benzene ring substituents is 1. The molecule has 4 rings (SSSR count). The molecular formula is C20H17N3O3S2. The molecule has 6 nitrogen and oxygen atoms in total. The molecule has 0 spiro atoms. The maximum atomic E-state index is 13.2. The Balaban J connectivity index is 1.60. The molecule has 1 aliphatic heterocycles. The first kappa shape index (κ1) is 18.6. The molecule has 0 radical (unpaired) electrons. The number of nitro groups is 1. The van der Waals surface area contributed by atoms with Crippen molar-refractivity contribution >= 4 is 34.7 Å². The Morgan fingerprint density at radius 2 is 1.89 bits per heavy atom. The molecule has 0 bridgehead atoms. The second-order valence-corrected chi connectivity index (χ2v) is 8.56. The van der Waals surface area contributed by atoms with Crippen molar-refractivity contribution in [3.8, 4) is 10.6 Å². The van der Waals surface area contributed by atoms with Crippen molar-refractivity contribution in [3.63, 3.8) is 0 Å². The lowest BCUT2D eigenvalue weighted by Crippen LogP contribution is -2.30. The number of carbonyl (C=O) groups excluding carboxylic acids is 1. The largest absolute Gasteiger partial charge is 0.321 e. The summed E-state index contributed by atoms with van der Waals surface area (Å²) in [6.45, 7) is 2.50. The SMILES string of the molecule is Cc1nc(-c2ccccc2)sc1C(=O)N1CCSC1c1ccc([N+](=O)[O-])cc1. The highest BCUT2D eigenvalue weighted by atomic mass is 32.2. The minimum Gasteiger partial charge on any atom is -0.321 e. The van der Waals surface area contributed by atoms with Gasteiger partial charge in [-0.25, -0.2) is 4.98 Å². The van der Waals surface area contributed by atoms with Gasteiger partial charge in [-0.15, -0.1) is 23.1 Å². The van der Waals surface area contributed by atoms with Crippen LogP contribution in [0.15, 0.2) is 54.6 Å². The van der Waals surface area contributed by atoms with Gasteiger partial charge in [-0.3, -0.25) is 14.9 Å². The quantitative estimate of drug-likeness (QED) is 0.450. The van der Waals surface area contributed by atoms with Crippen molar-refractivity contribution in [1.82, 2.24) is 9.88 Å². The summed E-state index contributed by atoms with van der Waals surface area (Å²) in [6, 6.07) is 16.3. The van der Waals surface area contributed by atoms with Gasteiger partial charge < -0.3 is 4.90 Å². The number of thioether (sulfide) groups is 1. The second kappa shape index (κ2) is 7.73.